The zero-order valence-corrected chi connectivity index (χ0v) is 9.73. The van der Waals surface area contributed by atoms with Gasteiger partial charge in [0.2, 0.25) is 0 Å². The van der Waals surface area contributed by atoms with Gasteiger partial charge in [-0.25, -0.2) is 0 Å². The van der Waals surface area contributed by atoms with Gasteiger partial charge in [-0.2, -0.15) is 15.8 Å². The van der Waals surface area contributed by atoms with Gasteiger partial charge >= 0.3 is 0 Å². The van der Waals surface area contributed by atoms with E-state index in [1.807, 2.05) is 24.3 Å². The molecule has 4 nitrogen and oxygen atoms in total. The predicted octanol–water partition coefficient (Wildman–Crippen LogP) is 2.50. The van der Waals surface area contributed by atoms with Crippen LogP contribution in [0.3, 0.4) is 0 Å². The molecule has 0 atom stereocenters. The number of allylic oxidation sites excluding steroid dienone is 5. The fourth-order valence-corrected chi connectivity index (χ4v) is 1.98. The van der Waals surface area contributed by atoms with E-state index in [0.717, 1.165) is 0 Å². The second-order valence-corrected chi connectivity index (χ2v) is 3.70. The monoisotopic (exact) mass is 242 g/mol. The smallest absolute Gasteiger partial charge is 0.102 e. The van der Waals surface area contributed by atoms with E-state index in [1.54, 1.807) is 24.3 Å². The average Bonchev–Trinajstić information content (AvgIpc) is 2.80. The van der Waals surface area contributed by atoms with Crippen LogP contribution in [0, 0.1) is 39.4 Å². The highest BCUT2D eigenvalue weighted by Gasteiger charge is 2.30. The van der Waals surface area contributed by atoms with Crippen LogP contribution in [-0.4, -0.2) is 5.87 Å². The van der Waals surface area contributed by atoms with Crippen molar-refractivity contribution in [3.8, 4) is 18.2 Å². The summed E-state index contributed by atoms with van der Waals surface area (Å²) < 4.78 is 0. The molecule has 0 aromatic heterocycles. The summed E-state index contributed by atoms with van der Waals surface area (Å²) in [5.74, 6) is 2.17. The Balaban J connectivity index is 2.83. The van der Waals surface area contributed by atoms with Crippen molar-refractivity contribution in [3.05, 3.63) is 58.2 Å². The lowest BCUT2D eigenvalue weighted by Gasteiger charge is -2.04. The van der Waals surface area contributed by atoms with Gasteiger partial charge in [-0.15, -0.1) is 0 Å². The lowest BCUT2D eigenvalue weighted by Crippen LogP contribution is -1.90. The van der Waals surface area contributed by atoms with Crippen molar-refractivity contribution in [3.63, 3.8) is 0 Å². The molecule has 0 fully saturated rings. The van der Waals surface area contributed by atoms with Gasteiger partial charge in [0.1, 0.15) is 18.2 Å². The number of nitrogens with one attached hydrogen (secondary N) is 1. The van der Waals surface area contributed by atoms with Crippen molar-refractivity contribution in [2.24, 2.45) is 0 Å². The minimum Gasteiger partial charge on any atom is -0.258 e. The second kappa shape index (κ2) is 4.86. The van der Waals surface area contributed by atoms with E-state index in [4.69, 9.17) is 15.9 Å². The molecule has 19 heavy (non-hydrogen) atoms. The third-order valence-corrected chi connectivity index (χ3v) is 2.77. The van der Waals surface area contributed by atoms with Crippen LogP contribution in [0.25, 0.3) is 5.57 Å². The molecule has 0 bridgehead atoms. The van der Waals surface area contributed by atoms with Crippen LogP contribution >= 0.6 is 0 Å². The number of hydrogen-bond donors (Lipinski definition) is 1. The van der Waals surface area contributed by atoms with E-state index in [0.29, 0.717) is 11.1 Å². The highest BCUT2D eigenvalue weighted by atomic mass is 14.4. The van der Waals surface area contributed by atoms with Crippen molar-refractivity contribution in [2.45, 2.75) is 0 Å². The van der Waals surface area contributed by atoms with Gasteiger partial charge in [0, 0.05) is 5.57 Å². The number of benzene rings is 1. The lowest BCUT2D eigenvalue weighted by atomic mass is 9.97. The quantitative estimate of drug-likeness (QED) is 0.766. The summed E-state index contributed by atoms with van der Waals surface area (Å²) in [7, 11) is 0. The van der Waals surface area contributed by atoms with E-state index >= 15 is 0 Å². The molecule has 86 valence electrons. The number of hydrogen-bond acceptors (Lipinski definition) is 4. The van der Waals surface area contributed by atoms with Gasteiger partial charge in [-0.05, 0) is 11.4 Å². The molecule has 0 saturated carbocycles. The van der Waals surface area contributed by atoms with Gasteiger partial charge in [0.25, 0.3) is 0 Å². The summed E-state index contributed by atoms with van der Waals surface area (Å²) >= 11 is 0. The first-order chi connectivity index (χ1) is 9.28. The van der Waals surface area contributed by atoms with Gasteiger partial charge < -0.3 is 0 Å². The molecule has 1 aromatic rings. The Bertz CT molecular complexity index is 783. The Morgan fingerprint density at radius 2 is 1.37 bits per heavy atom. The molecular weight excluding hydrogens is 236 g/mol. The van der Waals surface area contributed by atoms with Crippen LogP contribution < -0.4 is 0 Å². The van der Waals surface area contributed by atoms with Gasteiger partial charge in [0.15, 0.2) is 0 Å². The van der Waals surface area contributed by atoms with E-state index in [9.17, 15) is 5.26 Å². The summed E-state index contributed by atoms with van der Waals surface area (Å²) in [6.07, 6.45) is 0. The third-order valence-electron chi connectivity index (χ3n) is 2.77. The molecule has 1 N–H and O–H groups in total. The normalized spacial score (nSPS) is 13.6. The molecule has 0 radical (unpaired) electrons. The summed E-state index contributed by atoms with van der Waals surface area (Å²) in [5.41, 5.74) is 1.48. The van der Waals surface area contributed by atoms with Crippen LogP contribution in [-0.2, 0) is 0 Å². The molecule has 0 amide bonds. The van der Waals surface area contributed by atoms with Gasteiger partial charge in [-0.1, -0.05) is 30.3 Å². The zero-order chi connectivity index (χ0) is 13.8. The molecule has 1 aromatic carbocycles. The molecule has 4 heteroatoms. The third kappa shape index (κ3) is 1.74. The van der Waals surface area contributed by atoms with E-state index in [-0.39, 0.29) is 22.3 Å². The zero-order valence-electron chi connectivity index (χ0n) is 9.73. The highest BCUT2D eigenvalue weighted by molar-refractivity contribution is 6.03. The molecule has 2 rings (SSSR count). The maximum Gasteiger partial charge on any atom is 0.102 e. The van der Waals surface area contributed by atoms with Crippen LogP contribution in [0.2, 0.25) is 0 Å². The minimum absolute atomic E-state index is 0.0126. The first kappa shape index (κ1) is 12.1. The Kier molecular flexibility index (Phi) is 3.09. The summed E-state index contributed by atoms with van der Waals surface area (Å²) in [6.45, 7) is 0. The van der Waals surface area contributed by atoms with Crippen LogP contribution in [0.15, 0.2) is 52.6 Å². The molecule has 0 unspecified atom stereocenters. The van der Waals surface area contributed by atoms with Crippen molar-refractivity contribution >= 4 is 11.4 Å². The molecular formula is C15H6N4. The standard InChI is InChI=1S/C15H6N4/c16-6-11-12(7-17)14(9-19)15(13(11)8-18)10-4-2-1-3-5-10/h1-5,18H. The molecule has 0 spiro atoms. The Labute approximate surface area is 110 Å². The SMILES string of the molecule is N#CC1=C(C#N)C(C#N)=C(c2ccccc2)C1=C=N. The van der Waals surface area contributed by atoms with Gasteiger partial charge in [0.05, 0.1) is 22.3 Å². The highest BCUT2D eigenvalue weighted by Crippen LogP contribution is 2.40. The molecule has 0 saturated heterocycles. The van der Waals surface area contributed by atoms with Crippen LogP contribution in [0.1, 0.15) is 5.56 Å². The van der Waals surface area contributed by atoms with E-state index < -0.39 is 0 Å². The fraction of sp³-hybridized carbons (Fsp3) is 0. The molecule has 1 aliphatic rings. The first-order valence-electron chi connectivity index (χ1n) is 5.33. The Morgan fingerprint density at radius 3 is 1.84 bits per heavy atom. The fourth-order valence-electron chi connectivity index (χ4n) is 1.98. The Hall–Kier alpha value is -3.38. The Morgan fingerprint density at radius 1 is 0.789 bits per heavy atom. The number of nitriles is 3. The van der Waals surface area contributed by atoms with E-state index in [2.05, 4.69) is 5.87 Å². The molecule has 1 aliphatic carbocycles. The van der Waals surface area contributed by atoms with E-state index in [1.165, 1.54) is 0 Å². The summed E-state index contributed by atoms with van der Waals surface area (Å²) in [6, 6.07) is 14.6. The summed E-state index contributed by atoms with van der Waals surface area (Å²) in [5, 5.41) is 34.7. The number of rotatable bonds is 1. The van der Waals surface area contributed by atoms with Crippen molar-refractivity contribution < 1.29 is 0 Å². The average molecular weight is 242 g/mol. The van der Waals surface area contributed by atoms with Crippen molar-refractivity contribution in [1.82, 2.24) is 0 Å². The van der Waals surface area contributed by atoms with Crippen LogP contribution in [0.5, 0.6) is 0 Å². The lowest BCUT2D eigenvalue weighted by molar-refractivity contribution is 1.42. The molecule has 0 aliphatic heterocycles. The summed E-state index contributed by atoms with van der Waals surface area (Å²) in [4.78, 5) is 0. The maximum absolute atomic E-state index is 9.22. The minimum atomic E-state index is 0.0126. The van der Waals surface area contributed by atoms with Crippen LogP contribution in [0.4, 0.5) is 0 Å². The largest absolute Gasteiger partial charge is 0.258 e. The van der Waals surface area contributed by atoms with Crippen molar-refractivity contribution in [2.75, 3.05) is 0 Å². The number of nitrogens with zero attached hydrogens (tertiary/aromatic N) is 3. The first-order valence-corrected chi connectivity index (χ1v) is 5.33. The van der Waals surface area contributed by atoms with Gasteiger partial charge in [-0.3, -0.25) is 5.41 Å². The molecule has 0 heterocycles. The second-order valence-electron chi connectivity index (χ2n) is 3.70. The topological polar surface area (TPSA) is 95.2 Å². The maximum atomic E-state index is 9.22. The van der Waals surface area contributed by atoms with Crippen molar-refractivity contribution in [1.29, 1.82) is 21.2 Å². The predicted molar refractivity (Wildman–Crippen MR) is 68.5 cm³/mol.